The van der Waals surface area contributed by atoms with Crippen molar-refractivity contribution in [3.63, 3.8) is 0 Å². The van der Waals surface area contributed by atoms with Gasteiger partial charge in [0.1, 0.15) is 0 Å². The number of hydrogen-bond acceptors (Lipinski definition) is 3. The summed E-state index contributed by atoms with van der Waals surface area (Å²) in [6, 6.07) is 0. The van der Waals surface area contributed by atoms with E-state index in [1.807, 2.05) is 6.92 Å². The van der Waals surface area contributed by atoms with Crippen molar-refractivity contribution < 1.29 is 12.6 Å². The zero-order valence-electron chi connectivity index (χ0n) is 9.69. The normalized spacial score (nSPS) is 48.1. The molecule has 88 valence electrons. The van der Waals surface area contributed by atoms with Crippen LogP contribution in [0.25, 0.3) is 0 Å². The van der Waals surface area contributed by atoms with E-state index < -0.39 is 10.1 Å². The second-order valence-electron chi connectivity index (χ2n) is 5.31. The molecule has 2 fully saturated rings. The van der Waals surface area contributed by atoms with Crippen molar-refractivity contribution in [1.29, 1.82) is 0 Å². The van der Waals surface area contributed by atoms with Crippen molar-refractivity contribution >= 4 is 10.1 Å². The molecular formula is C11H20O3S. The van der Waals surface area contributed by atoms with E-state index in [4.69, 9.17) is 4.18 Å². The molecule has 4 atom stereocenters. The maximum Gasteiger partial charge on any atom is 0.271 e. The Morgan fingerprint density at radius 1 is 1.47 bits per heavy atom. The first kappa shape index (κ1) is 11.4. The Labute approximate surface area is 92.3 Å². The minimum Gasteiger partial charge on any atom is -0.266 e. The summed E-state index contributed by atoms with van der Waals surface area (Å²) in [5.41, 5.74) is -0.131. The van der Waals surface area contributed by atoms with Crippen LogP contribution in [0.5, 0.6) is 0 Å². The molecule has 0 bridgehead atoms. The lowest BCUT2D eigenvalue weighted by Gasteiger charge is -2.27. The number of fused-ring (bicyclic) bond motifs is 1. The van der Waals surface area contributed by atoms with E-state index in [-0.39, 0.29) is 16.8 Å². The van der Waals surface area contributed by atoms with E-state index in [0.29, 0.717) is 5.92 Å². The van der Waals surface area contributed by atoms with Crippen molar-refractivity contribution in [1.82, 2.24) is 0 Å². The van der Waals surface area contributed by atoms with Gasteiger partial charge in [0.05, 0.1) is 11.4 Å². The molecule has 4 unspecified atom stereocenters. The van der Waals surface area contributed by atoms with Crippen LogP contribution in [-0.2, 0) is 14.3 Å². The molecule has 0 aromatic heterocycles. The Morgan fingerprint density at radius 2 is 2.13 bits per heavy atom. The van der Waals surface area contributed by atoms with Gasteiger partial charge < -0.3 is 0 Å². The van der Waals surface area contributed by atoms with Crippen LogP contribution in [-0.4, -0.2) is 19.8 Å². The molecule has 1 aliphatic heterocycles. The zero-order chi connectivity index (χ0) is 11.3. The fraction of sp³-hybridized carbons (Fsp3) is 1.00. The van der Waals surface area contributed by atoms with Gasteiger partial charge in [-0.1, -0.05) is 27.2 Å². The molecular weight excluding hydrogens is 212 g/mol. The highest BCUT2D eigenvalue weighted by Crippen LogP contribution is 2.54. The largest absolute Gasteiger partial charge is 0.271 e. The maximum absolute atomic E-state index is 11.9. The summed E-state index contributed by atoms with van der Waals surface area (Å²) in [6.45, 7) is 6.22. The summed E-state index contributed by atoms with van der Waals surface area (Å²) < 4.78 is 29.1. The molecule has 3 nitrogen and oxygen atoms in total. The van der Waals surface area contributed by atoms with Gasteiger partial charge in [-0.3, -0.25) is 4.18 Å². The van der Waals surface area contributed by atoms with Crippen molar-refractivity contribution in [2.75, 3.05) is 0 Å². The number of hydrogen-bond donors (Lipinski definition) is 0. The van der Waals surface area contributed by atoms with Crippen LogP contribution < -0.4 is 0 Å². The first-order chi connectivity index (χ1) is 6.92. The standard InChI is InChI=1S/C11H20O3S/c1-4-5-9-11(3)7-6-8(2)10(11)14-15(9,12)13/h8-10H,4-7H2,1-3H3. The molecule has 0 aromatic carbocycles. The summed E-state index contributed by atoms with van der Waals surface area (Å²) in [4.78, 5) is 0. The molecule has 2 aliphatic rings. The van der Waals surface area contributed by atoms with Crippen LogP contribution in [0.15, 0.2) is 0 Å². The molecule has 1 aliphatic carbocycles. The minimum absolute atomic E-state index is 0.0703. The molecule has 4 heteroatoms. The first-order valence-electron chi connectivity index (χ1n) is 5.84. The summed E-state index contributed by atoms with van der Waals surface area (Å²) >= 11 is 0. The molecule has 15 heavy (non-hydrogen) atoms. The van der Waals surface area contributed by atoms with Crippen molar-refractivity contribution in [3.05, 3.63) is 0 Å². The molecule has 0 amide bonds. The highest BCUT2D eigenvalue weighted by molar-refractivity contribution is 7.87. The monoisotopic (exact) mass is 232 g/mol. The molecule has 0 radical (unpaired) electrons. The van der Waals surface area contributed by atoms with Crippen LogP contribution in [0.4, 0.5) is 0 Å². The second kappa shape index (κ2) is 3.45. The average molecular weight is 232 g/mol. The van der Waals surface area contributed by atoms with E-state index >= 15 is 0 Å². The van der Waals surface area contributed by atoms with Gasteiger partial charge in [0.2, 0.25) is 0 Å². The van der Waals surface area contributed by atoms with E-state index in [0.717, 1.165) is 25.7 Å². The predicted molar refractivity (Wildman–Crippen MR) is 59.0 cm³/mol. The molecule has 1 saturated heterocycles. The lowest BCUT2D eigenvalue weighted by atomic mass is 9.80. The molecule has 1 saturated carbocycles. The Bertz CT molecular complexity index is 349. The third-order valence-corrected chi connectivity index (χ3v) is 6.12. The fourth-order valence-electron chi connectivity index (χ4n) is 3.31. The van der Waals surface area contributed by atoms with Gasteiger partial charge in [-0.2, -0.15) is 8.42 Å². The van der Waals surface area contributed by atoms with E-state index in [2.05, 4.69) is 13.8 Å². The lowest BCUT2D eigenvalue weighted by molar-refractivity contribution is 0.108. The molecule has 1 heterocycles. The van der Waals surface area contributed by atoms with Crippen molar-refractivity contribution in [2.24, 2.45) is 11.3 Å². The minimum atomic E-state index is -3.30. The second-order valence-corrected chi connectivity index (χ2v) is 7.06. The van der Waals surface area contributed by atoms with Gasteiger partial charge in [-0.05, 0) is 25.2 Å². The average Bonchev–Trinajstić information content (AvgIpc) is 2.52. The first-order valence-corrected chi connectivity index (χ1v) is 7.31. The highest BCUT2D eigenvalue weighted by Gasteiger charge is 2.60. The van der Waals surface area contributed by atoms with Crippen LogP contribution in [0, 0.1) is 11.3 Å². The van der Waals surface area contributed by atoms with E-state index in [1.165, 1.54) is 0 Å². The Hall–Kier alpha value is -0.0900. The maximum atomic E-state index is 11.9. The van der Waals surface area contributed by atoms with Gasteiger partial charge in [0.25, 0.3) is 10.1 Å². The Kier molecular flexibility index (Phi) is 2.62. The van der Waals surface area contributed by atoms with E-state index in [1.54, 1.807) is 0 Å². The molecule has 0 N–H and O–H groups in total. The predicted octanol–water partition coefficient (Wildman–Crippen LogP) is 2.32. The topological polar surface area (TPSA) is 43.4 Å². The Morgan fingerprint density at radius 3 is 2.73 bits per heavy atom. The van der Waals surface area contributed by atoms with Gasteiger partial charge in [0.15, 0.2) is 0 Å². The third kappa shape index (κ3) is 1.53. The summed E-state index contributed by atoms with van der Waals surface area (Å²) in [6.07, 6.45) is 3.66. The zero-order valence-corrected chi connectivity index (χ0v) is 10.5. The van der Waals surface area contributed by atoms with Crippen LogP contribution in [0.3, 0.4) is 0 Å². The van der Waals surface area contributed by atoms with Crippen molar-refractivity contribution in [3.8, 4) is 0 Å². The smallest absolute Gasteiger partial charge is 0.266 e. The molecule has 0 aromatic rings. The van der Waals surface area contributed by atoms with Gasteiger partial charge in [-0.25, -0.2) is 0 Å². The quantitative estimate of drug-likeness (QED) is 0.686. The van der Waals surface area contributed by atoms with Crippen LogP contribution in [0.2, 0.25) is 0 Å². The SMILES string of the molecule is CCCC1C2(C)CCC(C)C2OS1(=O)=O. The summed E-state index contributed by atoms with van der Waals surface area (Å²) in [7, 11) is -3.30. The van der Waals surface area contributed by atoms with E-state index in [9.17, 15) is 8.42 Å². The number of rotatable bonds is 2. The lowest BCUT2D eigenvalue weighted by Crippen LogP contribution is -2.34. The summed E-state index contributed by atoms with van der Waals surface area (Å²) in [5.74, 6) is 0.381. The Balaban J connectivity index is 2.36. The van der Waals surface area contributed by atoms with Gasteiger partial charge in [0, 0.05) is 5.41 Å². The fourth-order valence-corrected chi connectivity index (χ4v) is 5.58. The summed E-state index contributed by atoms with van der Waals surface area (Å²) in [5, 5.41) is -0.273. The van der Waals surface area contributed by atoms with Crippen LogP contribution >= 0.6 is 0 Å². The van der Waals surface area contributed by atoms with Gasteiger partial charge in [-0.15, -0.1) is 0 Å². The third-order valence-electron chi connectivity index (χ3n) is 4.18. The van der Waals surface area contributed by atoms with Crippen molar-refractivity contribution in [2.45, 2.75) is 57.8 Å². The molecule has 0 spiro atoms. The highest BCUT2D eigenvalue weighted by atomic mass is 32.2. The van der Waals surface area contributed by atoms with Gasteiger partial charge >= 0.3 is 0 Å². The molecule has 2 rings (SSSR count). The van der Waals surface area contributed by atoms with Crippen LogP contribution in [0.1, 0.15) is 46.5 Å².